The van der Waals surface area contributed by atoms with Crippen LogP contribution in [0.1, 0.15) is 0 Å². The highest BCUT2D eigenvalue weighted by molar-refractivity contribution is 6.58. The first-order valence-electron chi connectivity index (χ1n) is 7.18. The SMILES string of the molecule is OB(O)c1ccc(OCC(F)(F)C(F)(F)C(F)(F)C(F)(F)C(F)(F)C(F)(F)F)cc1. The molecule has 0 saturated carbocycles. The summed E-state index contributed by atoms with van der Waals surface area (Å²) in [5.74, 6) is -38.3. The number of hydrogen-bond donors (Lipinski definition) is 2. The van der Waals surface area contributed by atoms with Gasteiger partial charge in [-0.1, -0.05) is 12.1 Å². The zero-order valence-corrected chi connectivity index (χ0v) is 13.8. The van der Waals surface area contributed by atoms with Crippen molar-refractivity contribution in [2.24, 2.45) is 0 Å². The second-order valence-corrected chi connectivity index (χ2v) is 5.73. The summed E-state index contributed by atoms with van der Waals surface area (Å²) in [4.78, 5) is 0. The van der Waals surface area contributed by atoms with Crippen molar-refractivity contribution in [2.45, 2.75) is 35.8 Å². The molecule has 0 atom stereocenters. The summed E-state index contributed by atoms with van der Waals surface area (Å²) in [5, 5.41) is 17.5. The molecule has 0 amide bonds. The topological polar surface area (TPSA) is 49.7 Å². The van der Waals surface area contributed by atoms with Gasteiger partial charge in [-0.15, -0.1) is 0 Å². The normalized spacial score (nSPS) is 14.6. The van der Waals surface area contributed by atoms with E-state index < -0.39 is 55.3 Å². The maximum atomic E-state index is 13.5. The van der Waals surface area contributed by atoms with E-state index in [9.17, 15) is 57.1 Å². The summed E-state index contributed by atoms with van der Waals surface area (Å²) in [6.07, 6.45) is -7.47. The van der Waals surface area contributed by atoms with Crippen molar-refractivity contribution in [2.75, 3.05) is 6.61 Å². The summed E-state index contributed by atoms with van der Waals surface area (Å²) < 4.78 is 172. The molecule has 172 valence electrons. The maximum absolute atomic E-state index is 13.5. The molecule has 1 aromatic rings. The zero-order chi connectivity index (χ0) is 24.0. The second-order valence-electron chi connectivity index (χ2n) is 5.73. The minimum Gasteiger partial charge on any atom is -0.487 e. The van der Waals surface area contributed by atoms with E-state index >= 15 is 0 Å². The molecule has 0 radical (unpaired) electrons. The van der Waals surface area contributed by atoms with Crippen molar-refractivity contribution in [1.82, 2.24) is 0 Å². The number of ether oxygens (including phenoxy) is 1. The number of halogens is 13. The predicted molar refractivity (Wildman–Crippen MR) is 72.6 cm³/mol. The third-order valence-corrected chi connectivity index (χ3v) is 3.60. The Bertz CT molecular complexity index is 731. The quantitative estimate of drug-likeness (QED) is 0.452. The van der Waals surface area contributed by atoms with E-state index in [4.69, 9.17) is 10.0 Å². The van der Waals surface area contributed by atoms with Crippen molar-refractivity contribution in [3.63, 3.8) is 0 Å². The number of alkyl halides is 13. The molecule has 1 aromatic carbocycles. The average molecular weight is 470 g/mol. The third kappa shape index (κ3) is 4.13. The molecule has 0 fully saturated rings. The van der Waals surface area contributed by atoms with Crippen LogP contribution in [0.3, 0.4) is 0 Å². The minimum absolute atomic E-state index is 0.278. The van der Waals surface area contributed by atoms with Crippen molar-refractivity contribution >= 4 is 12.6 Å². The Balaban J connectivity index is 3.19. The van der Waals surface area contributed by atoms with Gasteiger partial charge in [0.25, 0.3) is 0 Å². The molecule has 0 unspecified atom stereocenters. The lowest BCUT2D eigenvalue weighted by Gasteiger charge is -2.39. The summed E-state index contributed by atoms with van der Waals surface area (Å²) in [6, 6.07) is 2.77. The summed E-state index contributed by atoms with van der Waals surface area (Å²) in [5.41, 5.74) is -0.278. The van der Waals surface area contributed by atoms with Crippen LogP contribution in [0.15, 0.2) is 24.3 Å². The van der Waals surface area contributed by atoms with Gasteiger partial charge < -0.3 is 14.8 Å². The molecule has 3 nitrogen and oxygen atoms in total. The Labute approximate surface area is 158 Å². The first kappa shape index (κ1) is 26.1. The maximum Gasteiger partial charge on any atom is 0.488 e. The highest BCUT2D eigenvalue weighted by Crippen LogP contribution is 2.60. The van der Waals surface area contributed by atoms with Gasteiger partial charge in [0.1, 0.15) is 5.75 Å². The molecule has 0 saturated heterocycles. The standard InChI is InChI=1S/C13H8BF13O3/c15-8(16,5-30-7-3-1-6(2-4-7)14(28)29)9(17,18)10(19,20)11(21,22)12(23,24)13(25,26)27/h1-4,28-29H,5H2. The Hall–Kier alpha value is -1.91. The van der Waals surface area contributed by atoms with E-state index in [1.807, 2.05) is 0 Å². The molecule has 1 rings (SSSR count). The van der Waals surface area contributed by atoms with Crippen LogP contribution < -0.4 is 10.2 Å². The van der Waals surface area contributed by atoms with E-state index in [2.05, 4.69) is 4.74 Å². The molecule has 0 spiro atoms. The summed E-state index contributed by atoms with van der Waals surface area (Å²) in [7, 11) is -2.07. The largest absolute Gasteiger partial charge is 0.488 e. The van der Waals surface area contributed by atoms with E-state index in [0.29, 0.717) is 12.1 Å². The van der Waals surface area contributed by atoms with Crippen LogP contribution in [0.4, 0.5) is 57.1 Å². The second kappa shape index (κ2) is 7.65. The summed E-state index contributed by atoms with van der Waals surface area (Å²) in [6.45, 7) is -2.84. The lowest BCUT2D eigenvalue weighted by Crippen LogP contribution is -2.70. The molecular weight excluding hydrogens is 462 g/mol. The van der Waals surface area contributed by atoms with Crippen LogP contribution in [0.25, 0.3) is 0 Å². The van der Waals surface area contributed by atoms with Crippen LogP contribution in [-0.2, 0) is 0 Å². The zero-order valence-electron chi connectivity index (χ0n) is 13.8. The van der Waals surface area contributed by atoms with Gasteiger partial charge >= 0.3 is 42.9 Å². The van der Waals surface area contributed by atoms with E-state index in [-0.39, 0.29) is 5.46 Å². The van der Waals surface area contributed by atoms with Crippen LogP contribution in [0.5, 0.6) is 5.75 Å². The third-order valence-electron chi connectivity index (χ3n) is 3.60. The van der Waals surface area contributed by atoms with Gasteiger partial charge in [0.05, 0.1) is 0 Å². The molecule has 0 bridgehead atoms. The Kier molecular flexibility index (Phi) is 6.67. The molecule has 30 heavy (non-hydrogen) atoms. The lowest BCUT2D eigenvalue weighted by molar-refractivity contribution is -0.440. The molecule has 2 N–H and O–H groups in total. The van der Waals surface area contributed by atoms with Crippen LogP contribution >= 0.6 is 0 Å². The molecular formula is C13H8BF13O3. The van der Waals surface area contributed by atoms with Gasteiger partial charge in [-0.25, -0.2) is 0 Å². The van der Waals surface area contributed by atoms with Crippen molar-refractivity contribution in [3.8, 4) is 5.75 Å². The number of hydrogen-bond acceptors (Lipinski definition) is 3. The van der Waals surface area contributed by atoms with Crippen molar-refractivity contribution < 1.29 is 71.9 Å². The van der Waals surface area contributed by atoms with Gasteiger partial charge in [-0.05, 0) is 17.6 Å². The first-order chi connectivity index (χ1) is 13.1. The molecule has 0 aliphatic rings. The number of rotatable bonds is 8. The number of benzene rings is 1. The predicted octanol–water partition coefficient (Wildman–Crippen LogP) is 3.48. The monoisotopic (exact) mass is 470 g/mol. The van der Waals surface area contributed by atoms with Crippen LogP contribution in [-0.4, -0.2) is 59.6 Å². The molecule has 0 aliphatic heterocycles. The average Bonchev–Trinajstić information content (AvgIpc) is 2.58. The van der Waals surface area contributed by atoms with Gasteiger partial charge in [0, 0.05) is 0 Å². The highest BCUT2D eigenvalue weighted by Gasteiger charge is 2.90. The van der Waals surface area contributed by atoms with E-state index in [1.54, 1.807) is 0 Å². The molecule has 0 aromatic heterocycles. The van der Waals surface area contributed by atoms with Gasteiger partial charge in [0.15, 0.2) is 6.61 Å². The Morgan fingerprint density at radius 3 is 1.40 bits per heavy atom. The lowest BCUT2D eigenvalue weighted by atomic mass is 9.80. The van der Waals surface area contributed by atoms with Gasteiger partial charge in [0.2, 0.25) is 0 Å². The summed E-state index contributed by atoms with van der Waals surface area (Å²) >= 11 is 0. The van der Waals surface area contributed by atoms with Gasteiger partial charge in [-0.3, -0.25) is 0 Å². The fourth-order valence-corrected chi connectivity index (χ4v) is 1.80. The van der Waals surface area contributed by atoms with E-state index in [0.717, 1.165) is 12.1 Å². The molecule has 0 aliphatic carbocycles. The smallest absolute Gasteiger partial charge is 0.487 e. The van der Waals surface area contributed by atoms with E-state index in [1.165, 1.54) is 0 Å². The van der Waals surface area contributed by atoms with Crippen molar-refractivity contribution in [3.05, 3.63) is 24.3 Å². The minimum atomic E-state index is -7.97. The molecule has 0 heterocycles. The van der Waals surface area contributed by atoms with Gasteiger partial charge in [-0.2, -0.15) is 57.1 Å². The fourth-order valence-electron chi connectivity index (χ4n) is 1.80. The molecule has 17 heteroatoms. The Morgan fingerprint density at radius 1 is 0.633 bits per heavy atom. The first-order valence-corrected chi connectivity index (χ1v) is 7.18. The highest BCUT2D eigenvalue weighted by atomic mass is 19.4. The van der Waals surface area contributed by atoms with Crippen molar-refractivity contribution in [1.29, 1.82) is 0 Å². The van der Waals surface area contributed by atoms with Crippen LogP contribution in [0.2, 0.25) is 0 Å². The fraction of sp³-hybridized carbons (Fsp3) is 0.538. The Morgan fingerprint density at radius 2 is 1.03 bits per heavy atom. The van der Waals surface area contributed by atoms with Crippen LogP contribution in [0, 0.1) is 0 Å².